The van der Waals surface area contributed by atoms with E-state index >= 15 is 0 Å². The molecule has 2 aromatic rings. The van der Waals surface area contributed by atoms with Gasteiger partial charge in [-0.25, -0.2) is 9.78 Å². The average molecular weight is 328 g/mol. The Morgan fingerprint density at radius 3 is 2.33 bits per heavy atom. The lowest BCUT2D eigenvalue weighted by molar-refractivity contribution is 0.0594. The number of methoxy groups -OCH3 is 2. The van der Waals surface area contributed by atoms with E-state index < -0.39 is 5.97 Å². The first-order chi connectivity index (χ1) is 11.6. The molecule has 1 aromatic heterocycles. The first-order valence-electron chi connectivity index (χ1n) is 7.59. The minimum absolute atomic E-state index is 0.0997. The number of carbonyl (C=O) groups is 2. The number of nitrogens with one attached hydrogen (secondary N) is 1. The summed E-state index contributed by atoms with van der Waals surface area (Å²) >= 11 is 0. The molecule has 1 aromatic carbocycles. The van der Waals surface area contributed by atoms with E-state index in [0.29, 0.717) is 0 Å². The van der Waals surface area contributed by atoms with Gasteiger partial charge in [0.15, 0.2) is 0 Å². The van der Waals surface area contributed by atoms with Crippen LogP contribution in [0.5, 0.6) is 5.75 Å². The quantitative estimate of drug-likeness (QED) is 0.825. The van der Waals surface area contributed by atoms with Gasteiger partial charge in [0, 0.05) is 0 Å². The van der Waals surface area contributed by atoms with Crippen molar-refractivity contribution in [2.45, 2.75) is 19.4 Å². The van der Waals surface area contributed by atoms with Gasteiger partial charge in [0.25, 0.3) is 5.91 Å². The molecule has 0 saturated heterocycles. The molecule has 1 atom stereocenters. The van der Waals surface area contributed by atoms with Gasteiger partial charge < -0.3 is 14.8 Å². The number of pyridine rings is 1. The number of nitrogens with zero attached hydrogens (tertiary/aromatic N) is 1. The number of amides is 1. The van der Waals surface area contributed by atoms with Crippen molar-refractivity contribution in [3.63, 3.8) is 0 Å². The summed E-state index contributed by atoms with van der Waals surface area (Å²) in [6, 6.07) is 12.0. The lowest BCUT2D eigenvalue weighted by Crippen LogP contribution is -2.29. The second-order valence-electron chi connectivity index (χ2n) is 5.11. The Kier molecular flexibility index (Phi) is 5.89. The van der Waals surface area contributed by atoms with E-state index in [2.05, 4.69) is 15.0 Å². The largest absolute Gasteiger partial charge is 0.497 e. The molecule has 0 saturated carbocycles. The molecule has 1 amide bonds. The van der Waals surface area contributed by atoms with Crippen molar-refractivity contribution >= 4 is 11.9 Å². The fourth-order valence-corrected chi connectivity index (χ4v) is 2.27. The summed E-state index contributed by atoms with van der Waals surface area (Å²) in [5.74, 6) is -0.164. The molecule has 1 N–H and O–H groups in total. The lowest BCUT2D eigenvalue weighted by atomic mass is 10.0. The van der Waals surface area contributed by atoms with Crippen LogP contribution in [-0.2, 0) is 4.74 Å². The first kappa shape index (κ1) is 17.5. The molecular weight excluding hydrogens is 308 g/mol. The molecule has 0 spiro atoms. The standard InChI is InChI=1S/C18H20N2O4/c1-4-14(12-8-10-13(23-2)11-9-12)20-17(21)15-6-5-7-16(19-15)18(22)24-3/h5-11,14H,4H2,1-3H3,(H,20,21). The fraction of sp³-hybridized carbons (Fsp3) is 0.278. The topological polar surface area (TPSA) is 77.5 Å². The predicted molar refractivity (Wildman–Crippen MR) is 89.1 cm³/mol. The smallest absolute Gasteiger partial charge is 0.356 e. The maximum absolute atomic E-state index is 12.4. The Morgan fingerprint density at radius 1 is 1.08 bits per heavy atom. The third-order valence-electron chi connectivity index (χ3n) is 3.61. The first-order valence-corrected chi connectivity index (χ1v) is 7.59. The van der Waals surface area contributed by atoms with Crippen molar-refractivity contribution in [3.05, 3.63) is 59.4 Å². The van der Waals surface area contributed by atoms with Crippen LogP contribution < -0.4 is 10.1 Å². The number of hydrogen-bond acceptors (Lipinski definition) is 5. The molecule has 0 aliphatic rings. The van der Waals surface area contributed by atoms with Crippen molar-refractivity contribution in [2.24, 2.45) is 0 Å². The highest BCUT2D eigenvalue weighted by molar-refractivity contribution is 5.94. The van der Waals surface area contributed by atoms with Crippen molar-refractivity contribution in [1.29, 1.82) is 0 Å². The molecule has 6 heteroatoms. The monoisotopic (exact) mass is 328 g/mol. The molecule has 1 unspecified atom stereocenters. The van der Waals surface area contributed by atoms with Crippen LogP contribution in [0.25, 0.3) is 0 Å². The molecule has 0 bridgehead atoms. The van der Waals surface area contributed by atoms with Crippen LogP contribution in [0.1, 0.15) is 45.9 Å². The Labute approximate surface area is 140 Å². The molecule has 2 rings (SSSR count). The highest BCUT2D eigenvalue weighted by Gasteiger charge is 2.17. The van der Waals surface area contributed by atoms with Gasteiger partial charge >= 0.3 is 5.97 Å². The second-order valence-corrected chi connectivity index (χ2v) is 5.11. The summed E-state index contributed by atoms with van der Waals surface area (Å²) in [5, 5.41) is 2.93. The Morgan fingerprint density at radius 2 is 1.75 bits per heavy atom. The van der Waals surface area contributed by atoms with Crippen molar-refractivity contribution in [1.82, 2.24) is 10.3 Å². The summed E-state index contributed by atoms with van der Waals surface area (Å²) in [4.78, 5) is 28.0. The number of rotatable bonds is 6. The molecule has 126 valence electrons. The minimum atomic E-state index is -0.577. The van der Waals surface area contributed by atoms with E-state index in [4.69, 9.17) is 4.74 Å². The van der Waals surface area contributed by atoms with E-state index in [1.54, 1.807) is 19.2 Å². The van der Waals surface area contributed by atoms with E-state index in [1.165, 1.54) is 13.2 Å². The van der Waals surface area contributed by atoms with Gasteiger partial charge in [-0.05, 0) is 36.2 Å². The zero-order valence-corrected chi connectivity index (χ0v) is 13.9. The zero-order valence-electron chi connectivity index (χ0n) is 13.9. The number of carbonyl (C=O) groups excluding carboxylic acids is 2. The van der Waals surface area contributed by atoms with E-state index in [9.17, 15) is 9.59 Å². The van der Waals surface area contributed by atoms with Crippen LogP contribution in [0.3, 0.4) is 0 Å². The molecule has 0 aliphatic carbocycles. The van der Waals surface area contributed by atoms with Crippen LogP contribution in [0.15, 0.2) is 42.5 Å². The van der Waals surface area contributed by atoms with Crippen LogP contribution in [0.2, 0.25) is 0 Å². The Bertz CT molecular complexity index is 713. The second kappa shape index (κ2) is 8.10. The molecule has 24 heavy (non-hydrogen) atoms. The molecule has 0 fully saturated rings. The maximum atomic E-state index is 12.4. The SMILES string of the molecule is CCC(NC(=O)c1cccc(C(=O)OC)n1)c1ccc(OC)cc1. The molecular formula is C18H20N2O4. The van der Waals surface area contributed by atoms with Gasteiger partial charge in [0.05, 0.1) is 20.3 Å². The van der Waals surface area contributed by atoms with Crippen LogP contribution >= 0.6 is 0 Å². The van der Waals surface area contributed by atoms with Crippen LogP contribution in [0, 0.1) is 0 Å². The van der Waals surface area contributed by atoms with Gasteiger partial charge in [0.1, 0.15) is 17.1 Å². The van der Waals surface area contributed by atoms with Gasteiger partial charge in [-0.15, -0.1) is 0 Å². The number of esters is 1. The Balaban J connectivity index is 2.15. The van der Waals surface area contributed by atoms with Gasteiger partial charge in [-0.3, -0.25) is 4.79 Å². The summed E-state index contributed by atoms with van der Waals surface area (Å²) in [6.45, 7) is 1.98. The molecule has 1 heterocycles. The van der Waals surface area contributed by atoms with E-state index in [1.807, 2.05) is 31.2 Å². The van der Waals surface area contributed by atoms with Gasteiger partial charge in [0.2, 0.25) is 0 Å². The minimum Gasteiger partial charge on any atom is -0.497 e. The van der Waals surface area contributed by atoms with Crippen molar-refractivity contribution < 1.29 is 19.1 Å². The van der Waals surface area contributed by atoms with Crippen LogP contribution in [-0.4, -0.2) is 31.1 Å². The fourth-order valence-electron chi connectivity index (χ4n) is 2.27. The third-order valence-corrected chi connectivity index (χ3v) is 3.61. The summed E-state index contributed by atoms with van der Waals surface area (Å²) in [5.41, 5.74) is 1.24. The molecule has 0 radical (unpaired) electrons. The highest BCUT2D eigenvalue weighted by atomic mass is 16.5. The predicted octanol–water partition coefficient (Wildman–Crippen LogP) is 2.76. The van der Waals surface area contributed by atoms with Crippen molar-refractivity contribution in [3.8, 4) is 5.75 Å². The Hall–Kier alpha value is -2.89. The van der Waals surface area contributed by atoms with Crippen molar-refractivity contribution in [2.75, 3.05) is 14.2 Å². The number of aromatic nitrogens is 1. The van der Waals surface area contributed by atoms with E-state index in [-0.39, 0.29) is 23.3 Å². The molecule has 6 nitrogen and oxygen atoms in total. The normalized spacial score (nSPS) is 11.5. The number of benzene rings is 1. The van der Waals surface area contributed by atoms with Crippen LogP contribution in [0.4, 0.5) is 0 Å². The molecule has 0 aliphatic heterocycles. The summed E-state index contributed by atoms with van der Waals surface area (Å²) < 4.78 is 9.76. The van der Waals surface area contributed by atoms with Gasteiger partial charge in [-0.1, -0.05) is 25.1 Å². The number of ether oxygens (including phenoxy) is 2. The number of hydrogen-bond donors (Lipinski definition) is 1. The van der Waals surface area contributed by atoms with E-state index in [0.717, 1.165) is 17.7 Å². The highest BCUT2D eigenvalue weighted by Crippen LogP contribution is 2.20. The maximum Gasteiger partial charge on any atom is 0.356 e. The third kappa shape index (κ3) is 4.10. The zero-order chi connectivity index (χ0) is 17.5. The summed E-state index contributed by atoms with van der Waals surface area (Å²) in [6.07, 6.45) is 0.717. The lowest BCUT2D eigenvalue weighted by Gasteiger charge is -2.17. The average Bonchev–Trinajstić information content (AvgIpc) is 2.65. The van der Waals surface area contributed by atoms with Gasteiger partial charge in [-0.2, -0.15) is 0 Å². The summed E-state index contributed by atoms with van der Waals surface area (Å²) in [7, 11) is 2.88.